The fourth-order valence-corrected chi connectivity index (χ4v) is 5.18. The minimum absolute atomic E-state index is 0.0932. The van der Waals surface area contributed by atoms with Crippen molar-refractivity contribution >= 4 is 44.8 Å². The molecule has 2 N–H and O–H groups in total. The zero-order valence-corrected chi connectivity index (χ0v) is 16.3. The van der Waals surface area contributed by atoms with Gasteiger partial charge in [-0.3, -0.25) is 0 Å². The second kappa shape index (κ2) is 6.17. The average molecular weight is 402 g/mol. The first-order valence-electron chi connectivity index (χ1n) is 7.84. The van der Waals surface area contributed by atoms with Gasteiger partial charge in [0.1, 0.15) is 16.5 Å². The molecule has 0 saturated carbocycles. The van der Waals surface area contributed by atoms with E-state index in [-0.39, 0.29) is 5.88 Å². The van der Waals surface area contributed by atoms with Crippen LogP contribution in [0.1, 0.15) is 27.6 Å². The molecule has 4 nitrogen and oxygen atoms in total. The van der Waals surface area contributed by atoms with Crippen LogP contribution in [0, 0.1) is 25.2 Å². The van der Waals surface area contributed by atoms with Crippen LogP contribution in [-0.4, -0.2) is 4.98 Å². The quantitative estimate of drug-likeness (QED) is 0.589. The standard InChI is InChI=1S/C19H13Cl2N3OS/c1-8-5-9(2)24-19-14(8)16-17(26-19)15(12(7-22)18(23)25-16)11-4-3-10(20)6-13(11)21/h3-6,15H,23H2,1-2H3/t15-/m1/s1. The van der Waals surface area contributed by atoms with E-state index in [4.69, 9.17) is 33.7 Å². The molecule has 3 aromatic rings. The Bertz CT molecular complexity index is 1140. The maximum atomic E-state index is 9.69. The van der Waals surface area contributed by atoms with E-state index >= 15 is 0 Å². The summed E-state index contributed by atoms with van der Waals surface area (Å²) >= 11 is 14.0. The Morgan fingerprint density at radius 3 is 2.73 bits per heavy atom. The Morgan fingerprint density at radius 1 is 1.27 bits per heavy atom. The van der Waals surface area contributed by atoms with E-state index in [1.807, 2.05) is 26.0 Å². The van der Waals surface area contributed by atoms with Crippen LogP contribution in [0.2, 0.25) is 10.0 Å². The number of halogens is 2. The number of ether oxygens (including phenoxy) is 1. The van der Waals surface area contributed by atoms with Crippen LogP contribution >= 0.6 is 34.5 Å². The number of hydrogen-bond donors (Lipinski definition) is 1. The smallest absolute Gasteiger partial charge is 0.205 e. The molecule has 0 aliphatic carbocycles. The Balaban J connectivity index is 2.05. The number of nitrogens with zero attached hydrogens (tertiary/aromatic N) is 2. The van der Waals surface area contributed by atoms with E-state index < -0.39 is 5.92 Å². The number of hydrogen-bond acceptors (Lipinski definition) is 5. The number of allylic oxidation sites excluding steroid dienone is 1. The molecule has 4 rings (SSSR count). The van der Waals surface area contributed by atoms with Crippen molar-refractivity contribution in [1.29, 1.82) is 5.26 Å². The molecule has 0 saturated heterocycles. The van der Waals surface area contributed by atoms with E-state index in [0.717, 1.165) is 31.9 Å². The van der Waals surface area contributed by atoms with E-state index in [2.05, 4.69) is 11.1 Å². The molecule has 0 fully saturated rings. The van der Waals surface area contributed by atoms with Crippen LogP contribution in [0.4, 0.5) is 0 Å². The summed E-state index contributed by atoms with van der Waals surface area (Å²) < 4.78 is 5.86. The lowest BCUT2D eigenvalue weighted by Gasteiger charge is -2.24. The first kappa shape index (κ1) is 17.2. The van der Waals surface area contributed by atoms with Gasteiger partial charge >= 0.3 is 0 Å². The minimum Gasteiger partial charge on any atom is -0.439 e. The third-order valence-corrected chi connectivity index (χ3v) is 6.08. The minimum atomic E-state index is -0.410. The van der Waals surface area contributed by atoms with Gasteiger partial charge in [0.2, 0.25) is 5.88 Å². The second-order valence-corrected chi connectivity index (χ2v) is 8.02. The number of nitrogens with two attached hydrogens (primary N) is 1. The van der Waals surface area contributed by atoms with Gasteiger partial charge in [-0.05, 0) is 43.2 Å². The van der Waals surface area contributed by atoms with Crippen molar-refractivity contribution in [2.75, 3.05) is 0 Å². The van der Waals surface area contributed by atoms with Crippen molar-refractivity contribution in [3.8, 4) is 11.8 Å². The lowest BCUT2D eigenvalue weighted by molar-refractivity contribution is 0.401. The van der Waals surface area contributed by atoms with Crippen LogP contribution < -0.4 is 10.5 Å². The monoisotopic (exact) mass is 401 g/mol. The van der Waals surface area contributed by atoms with Crippen molar-refractivity contribution < 1.29 is 4.74 Å². The van der Waals surface area contributed by atoms with Gasteiger partial charge in [-0.2, -0.15) is 5.26 Å². The molecule has 3 heterocycles. The van der Waals surface area contributed by atoms with Crippen LogP contribution in [0.3, 0.4) is 0 Å². The Kier molecular flexibility index (Phi) is 4.07. The highest BCUT2D eigenvalue weighted by Gasteiger charge is 2.35. The molecule has 0 radical (unpaired) electrons. The molecule has 0 amide bonds. The van der Waals surface area contributed by atoms with Crippen molar-refractivity contribution in [2.24, 2.45) is 5.73 Å². The molecular formula is C19H13Cl2N3OS. The molecule has 1 aliphatic rings. The van der Waals surface area contributed by atoms with Gasteiger partial charge in [0, 0.05) is 15.7 Å². The molecule has 1 atom stereocenters. The SMILES string of the molecule is Cc1cc(C)c2c3c(sc2n1)[C@H](c1ccc(Cl)cc1Cl)C(C#N)=C(N)O3. The molecule has 1 aromatic carbocycles. The van der Waals surface area contributed by atoms with Crippen molar-refractivity contribution in [1.82, 2.24) is 4.98 Å². The normalized spacial score (nSPS) is 16.3. The van der Waals surface area contributed by atoms with Crippen LogP contribution in [0.5, 0.6) is 5.75 Å². The zero-order chi connectivity index (χ0) is 18.6. The first-order chi connectivity index (χ1) is 12.4. The first-order valence-corrected chi connectivity index (χ1v) is 9.41. The van der Waals surface area contributed by atoms with Gasteiger partial charge in [-0.25, -0.2) is 4.98 Å². The summed E-state index contributed by atoms with van der Waals surface area (Å²) in [6.45, 7) is 3.96. The number of thiophene rings is 1. The molecule has 2 aromatic heterocycles. The average Bonchev–Trinajstić information content (AvgIpc) is 2.92. The van der Waals surface area contributed by atoms with E-state index in [1.54, 1.807) is 12.1 Å². The highest BCUT2D eigenvalue weighted by molar-refractivity contribution is 7.19. The Morgan fingerprint density at radius 2 is 2.04 bits per heavy atom. The number of rotatable bonds is 1. The van der Waals surface area contributed by atoms with Gasteiger partial charge < -0.3 is 10.5 Å². The summed E-state index contributed by atoms with van der Waals surface area (Å²) in [4.78, 5) is 6.35. The Labute approximate surface area is 164 Å². The molecule has 130 valence electrons. The Hall–Kier alpha value is -2.26. The molecule has 0 bridgehead atoms. The molecular weight excluding hydrogens is 389 g/mol. The van der Waals surface area contributed by atoms with E-state index in [1.165, 1.54) is 11.3 Å². The number of pyridine rings is 1. The molecule has 0 unspecified atom stereocenters. The summed E-state index contributed by atoms with van der Waals surface area (Å²) in [5.74, 6) is 0.339. The predicted molar refractivity (Wildman–Crippen MR) is 105 cm³/mol. The summed E-state index contributed by atoms with van der Waals surface area (Å²) in [6.07, 6.45) is 0. The van der Waals surface area contributed by atoms with Gasteiger partial charge in [-0.1, -0.05) is 29.3 Å². The molecule has 7 heteroatoms. The van der Waals surface area contributed by atoms with Crippen molar-refractivity contribution in [3.63, 3.8) is 0 Å². The summed E-state index contributed by atoms with van der Waals surface area (Å²) in [5.41, 5.74) is 9.17. The number of aromatic nitrogens is 1. The summed E-state index contributed by atoms with van der Waals surface area (Å²) in [6, 6.07) is 9.43. The van der Waals surface area contributed by atoms with Gasteiger partial charge in [0.05, 0.1) is 16.2 Å². The highest BCUT2D eigenvalue weighted by Crippen LogP contribution is 2.51. The van der Waals surface area contributed by atoms with E-state index in [9.17, 15) is 5.26 Å². The number of aryl methyl sites for hydroxylation is 2. The van der Waals surface area contributed by atoms with Gasteiger partial charge in [0.25, 0.3) is 0 Å². The number of benzene rings is 1. The van der Waals surface area contributed by atoms with Crippen LogP contribution in [0.25, 0.3) is 10.2 Å². The molecule has 26 heavy (non-hydrogen) atoms. The lowest BCUT2D eigenvalue weighted by Crippen LogP contribution is -2.20. The molecule has 0 spiro atoms. The maximum absolute atomic E-state index is 9.69. The largest absolute Gasteiger partial charge is 0.439 e. The van der Waals surface area contributed by atoms with Crippen molar-refractivity contribution in [3.05, 3.63) is 67.5 Å². The second-order valence-electron chi connectivity index (χ2n) is 6.15. The van der Waals surface area contributed by atoms with E-state index in [0.29, 0.717) is 21.4 Å². The molecule has 1 aliphatic heterocycles. The van der Waals surface area contributed by atoms with Gasteiger partial charge in [0.15, 0.2) is 5.75 Å². The predicted octanol–water partition coefficient (Wildman–Crippen LogP) is 5.44. The maximum Gasteiger partial charge on any atom is 0.205 e. The lowest BCUT2D eigenvalue weighted by atomic mass is 9.88. The van der Waals surface area contributed by atoms with Gasteiger partial charge in [-0.15, -0.1) is 11.3 Å². The van der Waals surface area contributed by atoms with Crippen LogP contribution in [0.15, 0.2) is 35.7 Å². The number of fused-ring (bicyclic) bond motifs is 3. The summed E-state index contributed by atoms with van der Waals surface area (Å²) in [7, 11) is 0. The topological polar surface area (TPSA) is 71.9 Å². The third kappa shape index (κ3) is 2.53. The summed E-state index contributed by atoms with van der Waals surface area (Å²) in [5, 5.41) is 11.6. The third-order valence-electron chi connectivity index (χ3n) is 4.39. The van der Waals surface area contributed by atoms with Crippen LogP contribution in [-0.2, 0) is 0 Å². The zero-order valence-electron chi connectivity index (χ0n) is 13.9. The van der Waals surface area contributed by atoms with Crippen molar-refractivity contribution in [2.45, 2.75) is 19.8 Å². The number of nitriles is 1. The fraction of sp³-hybridized carbons (Fsp3) is 0.158. The fourth-order valence-electron chi connectivity index (χ4n) is 3.31. The highest BCUT2D eigenvalue weighted by atomic mass is 35.5.